The summed E-state index contributed by atoms with van der Waals surface area (Å²) in [5.41, 5.74) is 0. The fraction of sp³-hybridized carbons (Fsp3) is 0.462. The number of carboxylic acids is 1. The van der Waals surface area contributed by atoms with Gasteiger partial charge >= 0.3 is 5.97 Å². The van der Waals surface area contributed by atoms with Gasteiger partial charge in [0.25, 0.3) is 0 Å². The molecule has 3 heterocycles. The maximum absolute atomic E-state index is 12.8. The van der Waals surface area contributed by atoms with Crippen LogP contribution in [0.1, 0.15) is 35.2 Å². The van der Waals surface area contributed by atoms with Crippen LogP contribution in [0.15, 0.2) is 27.8 Å². The number of carbonyl (C=O) groups is 1. The van der Waals surface area contributed by atoms with E-state index in [1.807, 2.05) is 0 Å². The Kier molecular flexibility index (Phi) is 3.94. The van der Waals surface area contributed by atoms with E-state index in [0.717, 1.165) is 12.5 Å². The highest BCUT2D eigenvalue weighted by molar-refractivity contribution is 7.89. The van der Waals surface area contributed by atoms with Gasteiger partial charge < -0.3 is 9.52 Å². The topological polar surface area (TPSA) is 119 Å². The number of rotatable bonds is 4. The predicted octanol–water partition coefficient (Wildman–Crippen LogP) is 0.904. The normalized spacial score (nSPS) is 19.8. The second-order valence-corrected chi connectivity index (χ2v) is 7.28. The Labute approximate surface area is 132 Å². The summed E-state index contributed by atoms with van der Waals surface area (Å²) in [6.45, 7) is 2.08. The van der Waals surface area contributed by atoms with E-state index < -0.39 is 16.0 Å². The van der Waals surface area contributed by atoms with Crippen LogP contribution in [0.5, 0.6) is 0 Å². The lowest BCUT2D eigenvalue weighted by Crippen LogP contribution is -2.40. The van der Waals surface area contributed by atoms with Gasteiger partial charge in [-0.3, -0.25) is 0 Å². The molecule has 1 fully saturated rings. The first-order valence-electron chi connectivity index (χ1n) is 7.09. The van der Waals surface area contributed by atoms with Crippen LogP contribution in [0.4, 0.5) is 0 Å². The molecule has 0 spiro atoms. The Morgan fingerprint density at radius 3 is 2.87 bits per heavy atom. The highest BCUT2D eigenvalue weighted by Crippen LogP contribution is 2.29. The van der Waals surface area contributed by atoms with Gasteiger partial charge in [-0.1, -0.05) is 5.21 Å². The number of furan rings is 1. The van der Waals surface area contributed by atoms with Crippen molar-refractivity contribution in [1.29, 1.82) is 0 Å². The summed E-state index contributed by atoms with van der Waals surface area (Å²) < 4.78 is 33.6. The molecule has 0 bridgehead atoms. The third kappa shape index (κ3) is 2.86. The average Bonchev–Trinajstić information content (AvgIpc) is 3.17. The summed E-state index contributed by atoms with van der Waals surface area (Å²) in [5.74, 6) is -1.61. The van der Waals surface area contributed by atoms with Crippen LogP contribution in [-0.2, 0) is 10.0 Å². The standard InChI is InChI=1S/C13H16N4O5S/c1-9-12(7-11(22-9)13(18)19)23(20,21)16-5-2-3-10(8-16)17-6-4-14-15-17/h4,6-7,10H,2-3,5,8H2,1H3,(H,18,19). The molecule has 1 atom stereocenters. The molecule has 23 heavy (non-hydrogen) atoms. The second-order valence-electron chi connectivity index (χ2n) is 5.38. The van der Waals surface area contributed by atoms with Crippen molar-refractivity contribution < 1.29 is 22.7 Å². The van der Waals surface area contributed by atoms with E-state index in [9.17, 15) is 13.2 Å². The van der Waals surface area contributed by atoms with E-state index >= 15 is 0 Å². The molecule has 1 aliphatic heterocycles. The van der Waals surface area contributed by atoms with Gasteiger partial charge in [-0.05, 0) is 19.8 Å². The van der Waals surface area contributed by atoms with Gasteiger partial charge in [0, 0.05) is 25.4 Å². The van der Waals surface area contributed by atoms with Gasteiger partial charge in [0.1, 0.15) is 10.7 Å². The second kappa shape index (κ2) is 5.78. The minimum Gasteiger partial charge on any atom is -0.475 e. The SMILES string of the molecule is Cc1oc(C(=O)O)cc1S(=O)(=O)N1CCCC(n2ccnn2)C1. The Hall–Kier alpha value is -2.20. The average molecular weight is 340 g/mol. The lowest BCUT2D eigenvalue weighted by molar-refractivity contribution is 0.0661. The van der Waals surface area contributed by atoms with Gasteiger partial charge in [-0.25, -0.2) is 17.9 Å². The van der Waals surface area contributed by atoms with Crippen LogP contribution in [-0.4, -0.2) is 51.9 Å². The zero-order valence-corrected chi connectivity index (χ0v) is 13.2. The largest absolute Gasteiger partial charge is 0.475 e. The Morgan fingerprint density at radius 1 is 1.48 bits per heavy atom. The number of aromatic carboxylic acids is 1. The van der Waals surface area contributed by atoms with Crippen molar-refractivity contribution in [3.05, 3.63) is 30.0 Å². The molecule has 1 saturated heterocycles. The van der Waals surface area contributed by atoms with Gasteiger partial charge in [0.15, 0.2) is 0 Å². The van der Waals surface area contributed by atoms with Gasteiger partial charge in [-0.15, -0.1) is 5.10 Å². The van der Waals surface area contributed by atoms with E-state index in [0.29, 0.717) is 13.0 Å². The van der Waals surface area contributed by atoms with Crippen molar-refractivity contribution in [2.45, 2.75) is 30.7 Å². The molecular weight excluding hydrogens is 324 g/mol. The lowest BCUT2D eigenvalue weighted by atomic mass is 10.1. The van der Waals surface area contributed by atoms with E-state index in [2.05, 4.69) is 10.3 Å². The first kappa shape index (κ1) is 15.7. The smallest absolute Gasteiger partial charge is 0.371 e. The molecule has 9 nitrogen and oxygen atoms in total. The van der Waals surface area contributed by atoms with Gasteiger partial charge in [-0.2, -0.15) is 4.31 Å². The maximum Gasteiger partial charge on any atom is 0.371 e. The fourth-order valence-electron chi connectivity index (χ4n) is 2.73. The molecule has 0 amide bonds. The van der Waals surface area contributed by atoms with Crippen LogP contribution in [0.25, 0.3) is 0 Å². The van der Waals surface area contributed by atoms with Crippen molar-refractivity contribution in [1.82, 2.24) is 19.3 Å². The molecule has 3 rings (SSSR count). The quantitative estimate of drug-likeness (QED) is 0.878. The molecule has 124 valence electrons. The molecule has 0 aromatic carbocycles. The van der Waals surface area contributed by atoms with Crippen LogP contribution >= 0.6 is 0 Å². The third-order valence-electron chi connectivity index (χ3n) is 3.88. The van der Waals surface area contributed by atoms with Gasteiger partial charge in [0.05, 0.1) is 12.2 Å². The Balaban J connectivity index is 1.89. The summed E-state index contributed by atoms with van der Waals surface area (Å²) in [7, 11) is -3.81. The molecule has 10 heteroatoms. The maximum atomic E-state index is 12.8. The number of aromatic nitrogens is 3. The number of aryl methyl sites for hydroxylation is 1. The van der Waals surface area contributed by atoms with Crippen molar-refractivity contribution in [2.24, 2.45) is 0 Å². The summed E-state index contributed by atoms with van der Waals surface area (Å²) in [6.07, 6.45) is 4.74. The monoisotopic (exact) mass is 340 g/mol. The molecular formula is C13H16N4O5S. The van der Waals surface area contributed by atoms with Crippen LogP contribution in [0.2, 0.25) is 0 Å². The van der Waals surface area contributed by atoms with Crippen LogP contribution < -0.4 is 0 Å². The number of hydrogen-bond donors (Lipinski definition) is 1. The first-order valence-corrected chi connectivity index (χ1v) is 8.53. The third-order valence-corrected chi connectivity index (χ3v) is 5.85. The predicted molar refractivity (Wildman–Crippen MR) is 77.5 cm³/mol. The highest BCUT2D eigenvalue weighted by Gasteiger charge is 2.34. The Morgan fingerprint density at radius 2 is 2.26 bits per heavy atom. The summed E-state index contributed by atoms with van der Waals surface area (Å²) in [6, 6.07) is 0.971. The summed E-state index contributed by atoms with van der Waals surface area (Å²) in [4.78, 5) is 10.9. The summed E-state index contributed by atoms with van der Waals surface area (Å²) in [5, 5.41) is 16.6. The van der Waals surface area contributed by atoms with E-state index in [1.54, 1.807) is 17.1 Å². The highest BCUT2D eigenvalue weighted by atomic mass is 32.2. The minimum absolute atomic E-state index is 0.0743. The number of hydrogen-bond acceptors (Lipinski definition) is 6. The van der Waals surface area contributed by atoms with Crippen molar-refractivity contribution >= 4 is 16.0 Å². The van der Waals surface area contributed by atoms with Crippen molar-refractivity contribution in [3.8, 4) is 0 Å². The first-order chi connectivity index (χ1) is 10.9. The molecule has 1 unspecified atom stereocenters. The lowest BCUT2D eigenvalue weighted by Gasteiger charge is -2.31. The van der Waals surface area contributed by atoms with Gasteiger partial charge in [0.2, 0.25) is 15.8 Å². The number of nitrogens with zero attached hydrogens (tertiary/aromatic N) is 4. The molecule has 2 aromatic heterocycles. The van der Waals surface area contributed by atoms with Crippen molar-refractivity contribution in [3.63, 3.8) is 0 Å². The summed E-state index contributed by atoms with van der Waals surface area (Å²) >= 11 is 0. The van der Waals surface area contributed by atoms with E-state index in [-0.39, 0.29) is 29.0 Å². The zero-order chi connectivity index (χ0) is 16.6. The molecule has 1 aliphatic rings. The number of sulfonamides is 1. The molecule has 2 aromatic rings. The zero-order valence-electron chi connectivity index (χ0n) is 12.4. The Bertz CT molecular complexity index is 812. The van der Waals surface area contributed by atoms with E-state index in [4.69, 9.17) is 9.52 Å². The molecule has 1 N–H and O–H groups in total. The van der Waals surface area contributed by atoms with Crippen molar-refractivity contribution in [2.75, 3.05) is 13.1 Å². The van der Waals surface area contributed by atoms with Crippen LogP contribution in [0, 0.1) is 6.92 Å². The fourth-order valence-corrected chi connectivity index (χ4v) is 4.41. The molecule has 0 radical (unpaired) electrons. The number of piperidine rings is 1. The van der Waals surface area contributed by atoms with Crippen LogP contribution in [0.3, 0.4) is 0 Å². The minimum atomic E-state index is -3.81. The van der Waals surface area contributed by atoms with E-state index in [1.165, 1.54) is 11.2 Å². The molecule has 0 saturated carbocycles. The number of carboxylic acid groups (broad SMARTS) is 1. The molecule has 0 aliphatic carbocycles.